The summed E-state index contributed by atoms with van der Waals surface area (Å²) in [6, 6.07) is 0.345. The summed E-state index contributed by atoms with van der Waals surface area (Å²) < 4.78 is 0. The summed E-state index contributed by atoms with van der Waals surface area (Å²) in [6.07, 6.45) is 5.32. The molecule has 0 heterocycles. The lowest BCUT2D eigenvalue weighted by Gasteiger charge is -2.18. The molecule has 1 radical (unpaired) electrons. The molecular formula is C8H16NO. The van der Waals surface area contributed by atoms with Gasteiger partial charge in [0.1, 0.15) is 0 Å². The van der Waals surface area contributed by atoms with E-state index in [1.165, 1.54) is 12.8 Å². The van der Waals surface area contributed by atoms with Crippen molar-refractivity contribution in [1.82, 2.24) is 4.90 Å². The summed E-state index contributed by atoms with van der Waals surface area (Å²) in [4.78, 5) is 11.7. The topological polar surface area (TPSA) is 20.3 Å². The smallest absolute Gasteiger partial charge is 0.312 e. The Kier molecular flexibility index (Phi) is 4.99. The van der Waals surface area contributed by atoms with E-state index in [1.54, 1.807) is 11.9 Å². The highest BCUT2D eigenvalue weighted by Crippen LogP contribution is 2.03. The minimum atomic E-state index is 0.345. The van der Waals surface area contributed by atoms with Crippen molar-refractivity contribution in [3.63, 3.8) is 0 Å². The molecule has 0 saturated carbocycles. The quantitative estimate of drug-likeness (QED) is 0.533. The number of carbonyl (C=O) groups excluding carboxylic acids is 1. The van der Waals surface area contributed by atoms with Gasteiger partial charge in [0.05, 0.1) is 0 Å². The Hall–Kier alpha value is -0.530. The van der Waals surface area contributed by atoms with E-state index in [2.05, 4.69) is 6.92 Å². The van der Waals surface area contributed by atoms with Gasteiger partial charge in [-0.2, -0.15) is 0 Å². The Bertz CT molecular complexity index is 93.3. The standard InChI is InChI=1S/C8H16NO/c1-4-5-6-8(2)9(3)7-10/h8H,4-6H2,1-3H3. The maximum atomic E-state index is 10.1. The molecule has 2 heteroatoms. The average Bonchev–Trinajstić information content (AvgIpc) is 1.98. The van der Waals surface area contributed by atoms with Crippen molar-refractivity contribution in [2.24, 2.45) is 0 Å². The molecular weight excluding hydrogens is 126 g/mol. The summed E-state index contributed by atoms with van der Waals surface area (Å²) in [5.41, 5.74) is 0. The second-order valence-electron chi connectivity index (χ2n) is 2.69. The third kappa shape index (κ3) is 3.49. The van der Waals surface area contributed by atoms with Gasteiger partial charge in [0.2, 0.25) is 0 Å². The third-order valence-corrected chi connectivity index (χ3v) is 1.78. The average molecular weight is 142 g/mol. The molecule has 0 fully saturated rings. The highest BCUT2D eigenvalue weighted by atomic mass is 16.1. The molecule has 1 unspecified atom stereocenters. The van der Waals surface area contributed by atoms with Crippen molar-refractivity contribution in [1.29, 1.82) is 0 Å². The zero-order valence-corrected chi connectivity index (χ0v) is 7.05. The summed E-state index contributed by atoms with van der Waals surface area (Å²) in [6.45, 7) is 4.19. The number of hydrogen-bond donors (Lipinski definition) is 0. The molecule has 1 atom stereocenters. The minimum Gasteiger partial charge on any atom is -0.335 e. The van der Waals surface area contributed by atoms with Gasteiger partial charge in [-0.15, -0.1) is 0 Å². The van der Waals surface area contributed by atoms with Gasteiger partial charge in [-0.1, -0.05) is 19.8 Å². The number of unbranched alkanes of at least 4 members (excludes halogenated alkanes) is 1. The van der Waals surface area contributed by atoms with Crippen LogP contribution in [0.1, 0.15) is 33.1 Å². The van der Waals surface area contributed by atoms with Crippen LogP contribution in [0.5, 0.6) is 0 Å². The largest absolute Gasteiger partial charge is 0.335 e. The van der Waals surface area contributed by atoms with Crippen LogP contribution in [0.25, 0.3) is 0 Å². The van der Waals surface area contributed by atoms with E-state index in [9.17, 15) is 4.79 Å². The number of nitrogens with zero attached hydrogens (tertiary/aromatic N) is 1. The van der Waals surface area contributed by atoms with Crippen LogP contribution in [0.15, 0.2) is 0 Å². The van der Waals surface area contributed by atoms with Crippen LogP contribution in [0.3, 0.4) is 0 Å². The van der Waals surface area contributed by atoms with Crippen LogP contribution in [0, 0.1) is 0 Å². The number of hydrogen-bond acceptors (Lipinski definition) is 1. The first kappa shape index (κ1) is 9.47. The van der Waals surface area contributed by atoms with Crippen LogP contribution in [0.2, 0.25) is 0 Å². The van der Waals surface area contributed by atoms with Crippen molar-refractivity contribution in [2.75, 3.05) is 7.05 Å². The highest BCUT2D eigenvalue weighted by molar-refractivity contribution is 5.47. The molecule has 0 aliphatic rings. The van der Waals surface area contributed by atoms with Gasteiger partial charge < -0.3 is 4.90 Å². The highest BCUT2D eigenvalue weighted by Gasteiger charge is 2.05. The fourth-order valence-electron chi connectivity index (χ4n) is 0.783. The van der Waals surface area contributed by atoms with Gasteiger partial charge in [0, 0.05) is 13.1 Å². The molecule has 0 saturated heterocycles. The van der Waals surface area contributed by atoms with E-state index in [1.807, 2.05) is 13.3 Å². The lowest BCUT2D eigenvalue weighted by molar-refractivity contribution is 0.337. The summed E-state index contributed by atoms with van der Waals surface area (Å²) in [7, 11) is 1.77. The van der Waals surface area contributed by atoms with Crippen molar-refractivity contribution >= 4 is 6.41 Å². The van der Waals surface area contributed by atoms with E-state index >= 15 is 0 Å². The van der Waals surface area contributed by atoms with Crippen LogP contribution in [-0.4, -0.2) is 24.4 Å². The van der Waals surface area contributed by atoms with Crippen molar-refractivity contribution in [2.45, 2.75) is 39.2 Å². The molecule has 0 aromatic heterocycles. The molecule has 0 aliphatic heterocycles. The Balaban J connectivity index is 3.40. The second-order valence-corrected chi connectivity index (χ2v) is 2.69. The van der Waals surface area contributed by atoms with Crippen LogP contribution < -0.4 is 0 Å². The first-order valence-corrected chi connectivity index (χ1v) is 3.83. The van der Waals surface area contributed by atoms with Crippen molar-refractivity contribution < 1.29 is 4.79 Å². The van der Waals surface area contributed by atoms with Crippen LogP contribution in [-0.2, 0) is 4.79 Å². The molecule has 2 nitrogen and oxygen atoms in total. The predicted molar refractivity (Wildman–Crippen MR) is 42.4 cm³/mol. The van der Waals surface area contributed by atoms with Crippen molar-refractivity contribution in [3.05, 3.63) is 0 Å². The molecule has 1 amide bonds. The molecule has 0 rings (SSSR count). The van der Waals surface area contributed by atoms with Gasteiger partial charge in [-0.05, 0) is 13.3 Å². The maximum absolute atomic E-state index is 10.1. The SMILES string of the molecule is CCCCC(C)N(C)[C]=O. The first-order chi connectivity index (χ1) is 4.72. The van der Waals surface area contributed by atoms with Crippen LogP contribution >= 0.6 is 0 Å². The van der Waals surface area contributed by atoms with Gasteiger partial charge in [0.15, 0.2) is 0 Å². The molecule has 0 bridgehead atoms. The van der Waals surface area contributed by atoms with Gasteiger partial charge in [-0.3, -0.25) is 4.79 Å². The van der Waals surface area contributed by atoms with Crippen LogP contribution in [0.4, 0.5) is 0 Å². The van der Waals surface area contributed by atoms with Crippen molar-refractivity contribution in [3.8, 4) is 0 Å². The van der Waals surface area contributed by atoms with E-state index in [0.29, 0.717) is 6.04 Å². The first-order valence-electron chi connectivity index (χ1n) is 3.83. The van der Waals surface area contributed by atoms with Gasteiger partial charge in [-0.25, -0.2) is 0 Å². The van der Waals surface area contributed by atoms with E-state index < -0.39 is 0 Å². The second kappa shape index (κ2) is 5.27. The van der Waals surface area contributed by atoms with E-state index in [-0.39, 0.29) is 0 Å². The van der Waals surface area contributed by atoms with Gasteiger partial charge >= 0.3 is 6.41 Å². The Morgan fingerprint density at radius 2 is 2.20 bits per heavy atom. The summed E-state index contributed by atoms with van der Waals surface area (Å²) in [5, 5.41) is 0. The van der Waals surface area contributed by atoms with E-state index in [4.69, 9.17) is 0 Å². The predicted octanol–water partition coefficient (Wildman–Crippen LogP) is 1.56. The monoisotopic (exact) mass is 142 g/mol. The molecule has 0 aliphatic carbocycles. The molecule has 0 N–H and O–H groups in total. The Morgan fingerprint density at radius 1 is 1.60 bits per heavy atom. The maximum Gasteiger partial charge on any atom is 0.312 e. The normalized spacial score (nSPS) is 12.7. The number of amides is 1. The molecule has 0 spiro atoms. The minimum absolute atomic E-state index is 0.345. The summed E-state index contributed by atoms with van der Waals surface area (Å²) >= 11 is 0. The molecule has 0 aromatic rings. The Morgan fingerprint density at radius 3 is 2.60 bits per heavy atom. The fourth-order valence-corrected chi connectivity index (χ4v) is 0.783. The molecule has 0 aromatic carbocycles. The zero-order valence-electron chi connectivity index (χ0n) is 7.05. The molecule has 10 heavy (non-hydrogen) atoms. The lowest BCUT2D eigenvalue weighted by Crippen LogP contribution is -2.27. The Labute approximate surface area is 63.2 Å². The van der Waals surface area contributed by atoms with E-state index in [0.717, 1.165) is 6.42 Å². The number of rotatable bonds is 5. The lowest BCUT2D eigenvalue weighted by atomic mass is 10.1. The molecule has 59 valence electrons. The van der Waals surface area contributed by atoms with Gasteiger partial charge in [0.25, 0.3) is 0 Å². The zero-order chi connectivity index (χ0) is 7.98. The fraction of sp³-hybridized carbons (Fsp3) is 0.875. The summed E-state index contributed by atoms with van der Waals surface area (Å²) in [5.74, 6) is 0. The third-order valence-electron chi connectivity index (χ3n) is 1.78.